The van der Waals surface area contributed by atoms with Crippen LogP contribution in [0.4, 0.5) is 0 Å². The number of hydrogen-bond acceptors (Lipinski definition) is 2. The summed E-state index contributed by atoms with van der Waals surface area (Å²) in [6.07, 6.45) is 4.94. The average Bonchev–Trinajstić information content (AvgIpc) is 2.99. The topological polar surface area (TPSA) is 29.9 Å². The molecule has 108 valence electrons. The normalized spacial score (nSPS) is 26.4. The summed E-state index contributed by atoms with van der Waals surface area (Å²) in [5.74, 6) is 1.26. The molecule has 1 aliphatic rings. The second-order valence-corrected chi connectivity index (χ2v) is 6.48. The first-order valence-corrected chi connectivity index (χ1v) is 7.76. The second-order valence-electron chi connectivity index (χ2n) is 6.48. The molecule has 0 amide bonds. The van der Waals surface area contributed by atoms with Gasteiger partial charge in [0.15, 0.2) is 0 Å². The van der Waals surface area contributed by atoms with E-state index < -0.39 is 0 Å². The third kappa shape index (κ3) is 2.35. The van der Waals surface area contributed by atoms with Gasteiger partial charge in [-0.25, -0.2) is 4.98 Å². The second kappa shape index (κ2) is 5.21. The van der Waals surface area contributed by atoms with Gasteiger partial charge in [0.1, 0.15) is 5.82 Å². The molecule has 0 spiro atoms. The highest BCUT2D eigenvalue weighted by molar-refractivity contribution is 5.75. The largest absolute Gasteiger partial charge is 0.328 e. The zero-order chi connectivity index (χ0) is 14.2. The van der Waals surface area contributed by atoms with Gasteiger partial charge in [-0.3, -0.25) is 0 Å². The van der Waals surface area contributed by atoms with Gasteiger partial charge in [-0.05, 0) is 50.8 Å². The molecule has 3 heteroatoms. The van der Waals surface area contributed by atoms with Crippen LogP contribution >= 0.6 is 0 Å². The summed E-state index contributed by atoms with van der Waals surface area (Å²) in [6, 6.07) is 9.17. The first kappa shape index (κ1) is 13.6. The molecule has 2 aromatic rings. The maximum atomic E-state index is 4.89. The molecule has 0 saturated heterocycles. The molecule has 2 atom stereocenters. The predicted octanol–water partition coefficient (Wildman–Crippen LogP) is 3.38. The van der Waals surface area contributed by atoms with E-state index in [1.165, 1.54) is 30.6 Å². The molecule has 0 bridgehead atoms. The first-order valence-electron chi connectivity index (χ1n) is 7.76. The average molecular weight is 271 g/mol. The third-order valence-corrected chi connectivity index (χ3v) is 4.88. The van der Waals surface area contributed by atoms with Crippen molar-refractivity contribution in [3.63, 3.8) is 0 Å². The minimum atomic E-state index is 0.391. The Morgan fingerprint density at radius 1 is 1.40 bits per heavy atom. The maximum Gasteiger partial charge on any atom is 0.110 e. The molecule has 1 aliphatic carbocycles. The number of aryl methyl sites for hydroxylation is 1. The number of nitrogens with one attached hydrogen (secondary N) is 1. The van der Waals surface area contributed by atoms with Crippen molar-refractivity contribution < 1.29 is 0 Å². The van der Waals surface area contributed by atoms with Crippen molar-refractivity contribution in [1.82, 2.24) is 14.9 Å². The van der Waals surface area contributed by atoms with E-state index in [-0.39, 0.29) is 0 Å². The van der Waals surface area contributed by atoms with Crippen LogP contribution in [-0.2, 0) is 13.0 Å². The Labute approximate surface area is 121 Å². The van der Waals surface area contributed by atoms with Gasteiger partial charge >= 0.3 is 0 Å². The highest BCUT2D eigenvalue weighted by Gasteiger charge is 2.35. The highest BCUT2D eigenvalue weighted by Crippen LogP contribution is 2.40. The fourth-order valence-electron chi connectivity index (χ4n) is 3.72. The molecule has 1 aromatic carbocycles. The lowest BCUT2D eigenvalue weighted by atomic mass is 9.84. The van der Waals surface area contributed by atoms with E-state index >= 15 is 0 Å². The van der Waals surface area contributed by atoms with Crippen molar-refractivity contribution in [3.05, 3.63) is 30.1 Å². The molecule has 0 radical (unpaired) electrons. The number of fused-ring (bicyclic) bond motifs is 1. The minimum absolute atomic E-state index is 0.391. The van der Waals surface area contributed by atoms with Crippen LogP contribution in [-0.4, -0.2) is 22.6 Å². The Balaban J connectivity index is 1.91. The number of aromatic nitrogens is 2. The molecule has 3 nitrogen and oxygen atoms in total. The number of rotatable bonds is 4. The fraction of sp³-hybridized carbons (Fsp3) is 0.588. The quantitative estimate of drug-likeness (QED) is 0.924. The van der Waals surface area contributed by atoms with Crippen LogP contribution in [0.15, 0.2) is 24.3 Å². The van der Waals surface area contributed by atoms with E-state index in [9.17, 15) is 0 Å². The van der Waals surface area contributed by atoms with Gasteiger partial charge in [0.25, 0.3) is 0 Å². The van der Waals surface area contributed by atoms with Gasteiger partial charge in [0.2, 0.25) is 0 Å². The lowest BCUT2D eigenvalue weighted by molar-refractivity contribution is 0.313. The van der Waals surface area contributed by atoms with E-state index in [4.69, 9.17) is 4.98 Å². The van der Waals surface area contributed by atoms with Crippen LogP contribution in [0.3, 0.4) is 0 Å². The van der Waals surface area contributed by atoms with Crippen LogP contribution in [0.5, 0.6) is 0 Å². The van der Waals surface area contributed by atoms with E-state index in [0.717, 1.165) is 18.5 Å². The summed E-state index contributed by atoms with van der Waals surface area (Å²) in [5, 5.41) is 3.43. The third-order valence-electron chi connectivity index (χ3n) is 4.88. The standard InChI is InChI=1S/C17H25N3/c1-4-20-15-8-6-5-7-14(15)19-16(20)12-17(2)10-9-13(11-17)18-3/h5-8,13,18H,4,9-12H2,1-3H3. The minimum Gasteiger partial charge on any atom is -0.328 e. The summed E-state index contributed by atoms with van der Waals surface area (Å²) in [5.41, 5.74) is 2.80. The Morgan fingerprint density at radius 2 is 2.20 bits per heavy atom. The smallest absolute Gasteiger partial charge is 0.110 e. The number of nitrogens with zero attached hydrogens (tertiary/aromatic N) is 2. The Morgan fingerprint density at radius 3 is 2.90 bits per heavy atom. The molecule has 1 heterocycles. The summed E-state index contributed by atoms with van der Waals surface area (Å²) >= 11 is 0. The lowest BCUT2D eigenvalue weighted by Gasteiger charge is -2.24. The zero-order valence-electron chi connectivity index (χ0n) is 12.8. The van der Waals surface area contributed by atoms with Crippen molar-refractivity contribution in [2.45, 2.75) is 52.1 Å². The Kier molecular flexibility index (Phi) is 3.55. The van der Waals surface area contributed by atoms with Crippen molar-refractivity contribution in [3.8, 4) is 0 Å². The lowest BCUT2D eigenvalue weighted by Crippen LogP contribution is -2.25. The van der Waals surface area contributed by atoms with Crippen molar-refractivity contribution in [1.29, 1.82) is 0 Å². The van der Waals surface area contributed by atoms with E-state index in [2.05, 4.69) is 55.0 Å². The number of imidazole rings is 1. The Hall–Kier alpha value is -1.35. The van der Waals surface area contributed by atoms with E-state index in [0.29, 0.717) is 11.5 Å². The zero-order valence-corrected chi connectivity index (χ0v) is 12.8. The van der Waals surface area contributed by atoms with Crippen molar-refractivity contribution >= 4 is 11.0 Å². The van der Waals surface area contributed by atoms with Gasteiger partial charge in [0.05, 0.1) is 11.0 Å². The number of benzene rings is 1. The first-order chi connectivity index (χ1) is 9.65. The molecule has 1 N–H and O–H groups in total. The summed E-state index contributed by atoms with van der Waals surface area (Å²) in [6.45, 7) is 5.63. The van der Waals surface area contributed by atoms with Crippen LogP contribution in [0, 0.1) is 5.41 Å². The SMILES string of the molecule is CCn1c(CC2(C)CCC(NC)C2)nc2ccccc21. The van der Waals surface area contributed by atoms with Gasteiger partial charge in [0, 0.05) is 19.0 Å². The molecular formula is C17H25N3. The molecule has 3 rings (SSSR count). The molecule has 2 unspecified atom stereocenters. The molecule has 1 fully saturated rings. The van der Waals surface area contributed by atoms with Gasteiger partial charge in [-0.2, -0.15) is 0 Å². The summed E-state index contributed by atoms with van der Waals surface area (Å²) in [4.78, 5) is 4.89. The van der Waals surface area contributed by atoms with Crippen LogP contribution < -0.4 is 5.32 Å². The summed E-state index contributed by atoms with van der Waals surface area (Å²) in [7, 11) is 2.08. The fourth-order valence-corrected chi connectivity index (χ4v) is 3.72. The highest BCUT2D eigenvalue weighted by atomic mass is 15.1. The summed E-state index contributed by atoms with van der Waals surface area (Å²) < 4.78 is 2.38. The van der Waals surface area contributed by atoms with E-state index in [1.54, 1.807) is 0 Å². The van der Waals surface area contributed by atoms with Gasteiger partial charge in [-0.1, -0.05) is 19.1 Å². The number of hydrogen-bond donors (Lipinski definition) is 1. The monoisotopic (exact) mass is 271 g/mol. The molecule has 0 aliphatic heterocycles. The van der Waals surface area contributed by atoms with Crippen LogP contribution in [0.1, 0.15) is 38.9 Å². The number of para-hydroxylation sites is 2. The van der Waals surface area contributed by atoms with Gasteiger partial charge in [-0.15, -0.1) is 0 Å². The van der Waals surface area contributed by atoms with Crippen molar-refractivity contribution in [2.24, 2.45) is 5.41 Å². The molecular weight excluding hydrogens is 246 g/mol. The van der Waals surface area contributed by atoms with Gasteiger partial charge < -0.3 is 9.88 Å². The molecule has 1 aromatic heterocycles. The maximum absolute atomic E-state index is 4.89. The predicted molar refractivity (Wildman–Crippen MR) is 83.9 cm³/mol. The van der Waals surface area contributed by atoms with Crippen LogP contribution in [0.25, 0.3) is 11.0 Å². The molecule has 1 saturated carbocycles. The Bertz CT molecular complexity index is 601. The van der Waals surface area contributed by atoms with Crippen molar-refractivity contribution in [2.75, 3.05) is 7.05 Å². The van der Waals surface area contributed by atoms with E-state index in [1.807, 2.05) is 0 Å². The van der Waals surface area contributed by atoms with Crippen LogP contribution in [0.2, 0.25) is 0 Å². The molecule has 20 heavy (non-hydrogen) atoms.